The van der Waals surface area contributed by atoms with Crippen LogP contribution in [-0.2, 0) is 11.3 Å². The third-order valence-electron chi connectivity index (χ3n) is 7.39. The van der Waals surface area contributed by atoms with E-state index in [-0.39, 0.29) is 23.5 Å². The summed E-state index contributed by atoms with van der Waals surface area (Å²) >= 11 is 0. The van der Waals surface area contributed by atoms with Gasteiger partial charge in [-0.2, -0.15) is 0 Å². The van der Waals surface area contributed by atoms with Gasteiger partial charge in [0.25, 0.3) is 0 Å². The van der Waals surface area contributed by atoms with Gasteiger partial charge in [0.1, 0.15) is 23.1 Å². The van der Waals surface area contributed by atoms with Gasteiger partial charge in [-0.3, -0.25) is 19.6 Å². The predicted octanol–water partition coefficient (Wildman–Crippen LogP) is 4.39. The Labute approximate surface area is 205 Å². The fraction of sp³-hybridized carbons (Fsp3) is 0.429. The van der Waals surface area contributed by atoms with Crippen LogP contribution in [0.1, 0.15) is 49.3 Å². The van der Waals surface area contributed by atoms with Crippen LogP contribution in [0, 0.1) is 5.82 Å². The van der Waals surface area contributed by atoms with Crippen LogP contribution in [0.4, 0.5) is 4.39 Å². The molecule has 1 aromatic heterocycles. The van der Waals surface area contributed by atoms with Gasteiger partial charge >= 0.3 is 0 Å². The van der Waals surface area contributed by atoms with Crippen LogP contribution in [0.25, 0.3) is 10.9 Å². The summed E-state index contributed by atoms with van der Waals surface area (Å²) in [6, 6.07) is 13.7. The fourth-order valence-electron chi connectivity index (χ4n) is 5.48. The number of benzene rings is 2. The number of carbonyl (C=O) groups excluding carboxylic acids is 1. The fourth-order valence-corrected chi connectivity index (χ4v) is 5.48. The summed E-state index contributed by atoms with van der Waals surface area (Å²) in [4.78, 5) is 22.4. The summed E-state index contributed by atoms with van der Waals surface area (Å²) in [5, 5.41) is 14.4. The SMILES string of the molecule is O=C(NC1CCCCC1)C(c1ccc(F)cc1)N1CCN(Cc2ccc(O)c3ncccc23)CC1. The molecule has 2 heterocycles. The second kappa shape index (κ2) is 10.7. The lowest BCUT2D eigenvalue weighted by Crippen LogP contribution is -2.52. The van der Waals surface area contributed by atoms with E-state index >= 15 is 0 Å². The van der Waals surface area contributed by atoms with Gasteiger partial charge in [-0.15, -0.1) is 0 Å². The molecule has 1 aliphatic carbocycles. The predicted molar refractivity (Wildman–Crippen MR) is 134 cm³/mol. The molecule has 2 fully saturated rings. The molecule has 0 radical (unpaired) electrons. The number of carbonyl (C=O) groups is 1. The van der Waals surface area contributed by atoms with E-state index in [9.17, 15) is 14.3 Å². The number of nitrogens with one attached hydrogen (secondary N) is 1. The van der Waals surface area contributed by atoms with Crippen molar-refractivity contribution in [1.82, 2.24) is 20.1 Å². The summed E-state index contributed by atoms with van der Waals surface area (Å²) in [5.74, 6) is -0.0755. The minimum atomic E-state index is -0.418. The van der Waals surface area contributed by atoms with Gasteiger partial charge in [-0.1, -0.05) is 43.5 Å². The number of hydrogen-bond acceptors (Lipinski definition) is 5. The van der Waals surface area contributed by atoms with Crippen LogP contribution in [0.3, 0.4) is 0 Å². The topological polar surface area (TPSA) is 68.7 Å². The first-order chi connectivity index (χ1) is 17.1. The number of phenolic OH excluding ortho intramolecular Hbond substituents is 1. The van der Waals surface area contributed by atoms with Crippen molar-refractivity contribution in [3.63, 3.8) is 0 Å². The van der Waals surface area contributed by atoms with Crippen LogP contribution >= 0.6 is 0 Å². The van der Waals surface area contributed by atoms with Crippen molar-refractivity contribution >= 4 is 16.8 Å². The zero-order valence-corrected chi connectivity index (χ0v) is 20.0. The van der Waals surface area contributed by atoms with Gasteiger partial charge < -0.3 is 10.4 Å². The summed E-state index contributed by atoms with van der Waals surface area (Å²) in [6.07, 6.45) is 7.31. The molecule has 1 atom stereocenters. The number of aromatic hydroxyl groups is 1. The van der Waals surface area contributed by atoms with Crippen molar-refractivity contribution < 1.29 is 14.3 Å². The van der Waals surface area contributed by atoms with Gasteiger partial charge in [0.2, 0.25) is 5.91 Å². The lowest BCUT2D eigenvalue weighted by Gasteiger charge is -2.39. The average Bonchev–Trinajstić information content (AvgIpc) is 2.89. The monoisotopic (exact) mass is 476 g/mol. The molecule has 2 aromatic carbocycles. The van der Waals surface area contributed by atoms with Gasteiger partial charge in [0.15, 0.2) is 0 Å². The molecule has 5 rings (SSSR count). The minimum absolute atomic E-state index is 0.0209. The van der Waals surface area contributed by atoms with E-state index < -0.39 is 6.04 Å². The molecule has 7 heteroatoms. The number of hydrogen-bond donors (Lipinski definition) is 2. The molecule has 1 saturated carbocycles. The van der Waals surface area contributed by atoms with Crippen LogP contribution in [-0.4, -0.2) is 58.0 Å². The molecule has 184 valence electrons. The molecule has 35 heavy (non-hydrogen) atoms. The van der Waals surface area contributed by atoms with Crippen LogP contribution in [0.5, 0.6) is 5.75 Å². The number of phenols is 1. The number of rotatable bonds is 6. The molecule has 2 N–H and O–H groups in total. The molecular weight excluding hydrogens is 443 g/mol. The lowest BCUT2D eigenvalue weighted by atomic mass is 9.94. The largest absolute Gasteiger partial charge is 0.506 e. The highest BCUT2D eigenvalue weighted by Gasteiger charge is 2.32. The van der Waals surface area contributed by atoms with Crippen molar-refractivity contribution in [2.75, 3.05) is 26.2 Å². The molecule has 0 spiro atoms. The molecule has 0 bridgehead atoms. The smallest absolute Gasteiger partial charge is 0.242 e. The van der Waals surface area contributed by atoms with E-state index in [0.29, 0.717) is 5.52 Å². The quantitative estimate of drug-likeness (QED) is 0.552. The first-order valence-electron chi connectivity index (χ1n) is 12.7. The van der Waals surface area contributed by atoms with Gasteiger partial charge in [0, 0.05) is 50.3 Å². The maximum Gasteiger partial charge on any atom is 0.242 e. The second-order valence-corrected chi connectivity index (χ2v) is 9.75. The summed E-state index contributed by atoms with van der Waals surface area (Å²) in [7, 11) is 0. The maximum atomic E-state index is 13.6. The lowest BCUT2D eigenvalue weighted by molar-refractivity contribution is -0.128. The summed E-state index contributed by atoms with van der Waals surface area (Å²) in [6.45, 7) is 3.88. The Kier molecular flexibility index (Phi) is 7.25. The van der Waals surface area contributed by atoms with Crippen molar-refractivity contribution in [2.24, 2.45) is 0 Å². The van der Waals surface area contributed by atoms with E-state index in [4.69, 9.17) is 0 Å². The number of nitrogens with zero attached hydrogens (tertiary/aromatic N) is 3. The number of aromatic nitrogens is 1. The van der Waals surface area contributed by atoms with Crippen LogP contribution < -0.4 is 5.32 Å². The summed E-state index contributed by atoms with van der Waals surface area (Å²) < 4.78 is 13.6. The summed E-state index contributed by atoms with van der Waals surface area (Å²) in [5.41, 5.74) is 2.59. The van der Waals surface area contributed by atoms with E-state index in [1.807, 2.05) is 18.2 Å². The zero-order chi connectivity index (χ0) is 24.2. The first-order valence-corrected chi connectivity index (χ1v) is 12.7. The van der Waals surface area contributed by atoms with Crippen molar-refractivity contribution in [3.05, 3.63) is 71.7 Å². The molecule has 3 aromatic rings. The van der Waals surface area contributed by atoms with Gasteiger partial charge in [0.05, 0.1) is 0 Å². The number of halogens is 1. The maximum absolute atomic E-state index is 13.6. The van der Waals surface area contributed by atoms with Crippen molar-refractivity contribution in [2.45, 2.75) is 50.7 Å². The Balaban J connectivity index is 1.28. The minimum Gasteiger partial charge on any atom is -0.506 e. The van der Waals surface area contributed by atoms with Gasteiger partial charge in [-0.25, -0.2) is 4.39 Å². The molecule has 1 amide bonds. The van der Waals surface area contributed by atoms with Crippen molar-refractivity contribution in [1.29, 1.82) is 0 Å². The molecule has 6 nitrogen and oxygen atoms in total. The Hall–Kier alpha value is -3.03. The van der Waals surface area contributed by atoms with Crippen LogP contribution in [0.2, 0.25) is 0 Å². The first kappa shape index (κ1) is 23.7. The zero-order valence-electron chi connectivity index (χ0n) is 20.0. The Morgan fingerprint density at radius 2 is 1.77 bits per heavy atom. The van der Waals surface area contributed by atoms with Crippen molar-refractivity contribution in [3.8, 4) is 5.75 Å². The molecular formula is C28H33FN4O2. The highest BCUT2D eigenvalue weighted by molar-refractivity contribution is 5.87. The third-order valence-corrected chi connectivity index (χ3v) is 7.39. The normalized spacial score (nSPS) is 19.0. The Bertz CT molecular complexity index is 1160. The molecule has 1 aliphatic heterocycles. The highest BCUT2D eigenvalue weighted by atomic mass is 19.1. The Morgan fingerprint density at radius 1 is 1.03 bits per heavy atom. The molecule has 1 unspecified atom stereocenters. The number of amides is 1. The van der Waals surface area contributed by atoms with E-state index in [1.165, 1.54) is 18.6 Å². The molecule has 2 aliphatic rings. The third kappa shape index (κ3) is 5.46. The van der Waals surface area contributed by atoms with E-state index in [0.717, 1.165) is 74.9 Å². The molecule has 1 saturated heterocycles. The average molecular weight is 477 g/mol. The van der Waals surface area contributed by atoms with E-state index in [1.54, 1.807) is 24.4 Å². The second-order valence-electron chi connectivity index (χ2n) is 9.75. The van der Waals surface area contributed by atoms with E-state index in [2.05, 4.69) is 20.1 Å². The Morgan fingerprint density at radius 3 is 2.51 bits per heavy atom. The van der Waals surface area contributed by atoms with Gasteiger partial charge in [-0.05, 0) is 48.2 Å². The number of pyridine rings is 1. The number of piperazine rings is 1. The number of fused-ring (bicyclic) bond motifs is 1. The standard InChI is InChI=1S/C28H33FN4O2/c29-22-11-8-20(9-12-22)27(28(35)31-23-5-2-1-3-6-23)33-17-15-32(16-18-33)19-21-10-13-25(34)26-24(21)7-4-14-30-26/h4,7-14,23,27,34H,1-3,5-6,15-19H2,(H,31,35). The highest BCUT2D eigenvalue weighted by Crippen LogP contribution is 2.28. The van der Waals surface area contributed by atoms with Crippen LogP contribution in [0.15, 0.2) is 54.7 Å².